The van der Waals surface area contributed by atoms with E-state index in [0.717, 1.165) is 0 Å². The fourth-order valence-corrected chi connectivity index (χ4v) is 3.74. The molecule has 0 aromatic rings. The van der Waals surface area contributed by atoms with Crippen molar-refractivity contribution in [3.05, 3.63) is 69.4 Å². The molecule has 0 atom stereocenters. The van der Waals surface area contributed by atoms with Gasteiger partial charge in [0.25, 0.3) is 0 Å². The second-order valence-corrected chi connectivity index (χ2v) is 7.21. The standard InChI is InChI=1S/C24H34/c1-6-8-12-18(3)24(23-15-11-16-23)21(7-2)17-19(4)20(5)22-13-9-10-14-22/h6-8,12,17H,9-11,13-16H2,1-5H3. The van der Waals surface area contributed by atoms with Gasteiger partial charge in [0, 0.05) is 0 Å². The van der Waals surface area contributed by atoms with Crippen LogP contribution in [0.2, 0.25) is 0 Å². The third-order valence-electron chi connectivity index (χ3n) is 5.54. The second-order valence-electron chi connectivity index (χ2n) is 7.21. The fraction of sp³-hybridized carbons (Fsp3) is 0.500. The van der Waals surface area contributed by atoms with Crippen molar-refractivity contribution in [1.29, 1.82) is 0 Å². The molecule has 24 heavy (non-hydrogen) atoms. The molecular formula is C24H34. The largest absolute Gasteiger partial charge is 0.0877 e. The number of hydrogen-bond acceptors (Lipinski definition) is 0. The van der Waals surface area contributed by atoms with Gasteiger partial charge in [-0.1, -0.05) is 41.5 Å². The molecule has 0 N–H and O–H groups in total. The molecule has 130 valence electrons. The lowest BCUT2D eigenvalue weighted by molar-refractivity contribution is 0.654. The van der Waals surface area contributed by atoms with Gasteiger partial charge in [-0.05, 0) is 107 Å². The molecule has 0 heterocycles. The molecule has 0 spiro atoms. The average Bonchev–Trinajstić information content (AvgIpc) is 3.07. The molecule has 0 unspecified atom stereocenters. The predicted molar refractivity (Wildman–Crippen MR) is 108 cm³/mol. The van der Waals surface area contributed by atoms with Gasteiger partial charge in [-0.25, -0.2) is 0 Å². The van der Waals surface area contributed by atoms with E-state index in [-0.39, 0.29) is 0 Å². The van der Waals surface area contributed by atoms with Crippen LogP contribution in [0, 0.1) is 0 Å². The molecule has 2 rings (SSSR count). The van der Waals surface area contributed by atoms with Crippen LogP contribution in [0.4, 0.5) is 0 Å². The first-order valence-electron chi connectivity index (χ1n) is 9.64. The van der Waals surface area contributed by atoms with E-state index in [4.69, 9.17) is 0 Å². The van der Waals surface area contributed by atoms with Gasteiger partial charge in [0.2, 0.25) is 0 Å². The lowest BCUT2D eigenvalue weighted by atomic mass is 9.81. The molecule has 0 radical (unpaired) electrons. The van der Waals surface area contributed by atoms with Crippen molar-refractivity contribution in [1.82, 2.24) is 0 Å². The lowest BCUT2D eigenvalue weighted by Crippen LogP contribution is -2.05. The molecule has 0 aromatic carbocycles. The van der Waals surface area contributed by atoms with Gasteiger partial charge in [-0.2, -0.15) is 0 Å². The van der Waals surface area contributed by atoms with Crippen molar-refractivity contribution in [2.24, 2.45) is 0 Å². The van der Waals surface area contributed by atoms with Gasteiger partial charge in [-0.3, -0.25) is 0 Å². The first-order chi connectivity index (χ1) is 11.6. The van der Waals surface area contributed by atoms with Crippen molar-refractivity contribution in [3.8, 4) is 0 Å². The lowest BCUT2D eigenvalue weighted by Gasteiger charge is -2.24. The Hall–Kier alpha value is -1.56. The molecule has 0 aromatic heterocycles. The third-order valence-corrected chi connectivity index (χ3v) is 5.54. The summed E-state index contributed by atoms with van der Waals surface area (Å²) in [5, 5.41) is 0. The van der Waals surface area contributed by atoms with Crippen LogP contribution < -0.4 is 0 Å². The van der Waals surface area contributed by atoms with E-state index < -0.39 is 0 Å². The summed E-state index contributed by atoms with van der Waals surface area (Å²) in [7, 11) is 0. The average molecular weight is 323 g/mol. The van der Waals surface area contributed by atoms with E-state index in [1.54, 1.807) is 11.1 Å². The Labute approximate surface area is 149 Å². The topological polar surface area (TPSA) is 0 Å². The van der Waals surface area contributed by atoms with E-state index in [1.165, 1.54) is 72.8 Å². The second kappa shape index (κ2) is 9.06. The summed E-state index contributed by atoms with van der Waals surface area (Å²) in [6.45, 7) is 11.1. The number of hydrogen-bond donors (Lipinski definition) is 0. The molecule has 2 fully saturated rings. The van der Waals surface area contributed by atoms with Crippen LogP contribution in [-0.2, 0) is 0 Å². The molecule has 0 heteroatoms. The highest BCUT2D eigenvalue weighted by Gasteiger charge is 2.18. The molecule has 2 aliphatic carbocycles. The highest BCUT2D eigenvalue weighted by Crippen LogP contribution is 2.37. The van der Waals surface area contributed by atoms with Gasteiger partial charge in [0.05, 0.1) is 0 Å². The molecule has 2 saturated carbocycles. The minimum absolute atomic E-state index is 1.26. The maximum Gasteiger partial charge on any atom is -0.0166 e. The minimum Gasteiger partial charge on any atom is -0.0877 e. The third kappa shape index (κ3) is 4.50. The van der Waals surface area contributed by atoms with Crippen LogP contribution >= 0.6 is 0 Å². The predicted octanol–water partition coefficient (Wildman–Crippen LogP) is 7.77. The summed E-state index contributed by atoms with van der Waals surface area (Å²) in [4.78, 5) is 0. The summed E-state index contributed by atoms with van der Waals surface area (Å²) in [5.41, 5.74) is 10.6. The summed E-state index contributed by atoms with van der Waals surface area (Å²) in [6.07, 6.45) is 20.5. The van der Waals surface area contributed by atoms with Crippen molar-refractivity contribution >= 4 is 0 Å². The molecule has 0 bridgehead atoms. The van der Waals surface area contributed by atoms with Crippen LogP contribution in [-0.4, -0.2) is 0 Å². The summed E-state index contributed by atoms with van der Waals surface area (Å²) >= 11 is 0. The normalized spacial score (nSPS) is 20.0. The minimum atomic E-state index is 1.26. The van der Waals surface area contributed by atoms with Crippen LogP contribution in [0.3, 0.4) is 0 Å². The molecule has 0 aliphatic heterocycles. The van der Waals surface area contributed by atoms with E-state index in [0.29, 0.717) is 0 Å². The highest BCUT2D eigenvalue weighted by atomic mass is 14.2. The zero-order valence-corrected chi connectivity index (χ0v) is 16.3. The quantitative estimate of drug-likeness (QED) is 0.453. The monoisotopic (exact) mass is 322 g/mol. The highest BCUT2D eigenvalue weighted by molar-refractivity contribution is 5.57. The van der Waals surface area contributed by atoms with Crippen LogP contribution in [0.1, 0.15) is 79.6 Å². The van der Waals surface area contributed by atoms with Crippen LogP contribution in [0.15, 0.2) is 69.4 Å². The molecular weight excluding hydrogens is 288 g/mol. The van der Waals surface area contributed by atoms with E-state index in [9.17, 15) is 0 Å². The van der Waals surface area contributed by atoms with E-state index in [1.807, 2.05) is 0 Å². The van der Waals surface area contributed by atoms with Gasteiger partial charge in [0.15, 0.2) is 0 Å². The Bertz CT molecular complexity index is 628. The van der Waals surface area contributed by atoms with Gasteiger partial charge in [0.1, 0.15) is 0 Å². The van der Waals surface area contributed by atoms with E-state index >= 15 is 0 Å². The van der Waals surface area contributed by atoms with Crippen molar-refractivity contribution < 1.29 is 0 Å². The van der Waals surface area contributed by atoms with Gasteiger partial charge in [-0.15, -0.1) is 0 Å². The smallest absolute Gasteiger partial charge is 0.0166 e. The zero-order chi connectivity index (χ0) is 17.5. The molecule has 0 nitrogen and oxygen atoms in total. The van der Waals surface area contributed by atoms with E-state index in [2.05, 4.69) is 65.0 Å². The summed E-state index contributed by atoms with van der Waals surface area (Å²) < 4.78 is 0. The first kappa shape index (κ1) is 18.8. The Morgan fingerprint density at radius 1 is 0.792 bits per heavy atom. The Morgan fingerprint density at radius 3 is 1.92 bits per heavy atom. The van der Waals surface area contributed by atoms with Crippen LogP contribution in [0.25, 0.3) is 0 Å². The molecule has 2 aliphatic rings. The first-order valence-corrected chi connectivity index (χ1v) is 9.64. The van der Waals surface area contributed by atoms with Crippen molar-refractivity contribution in [3.63, 3.8) is 0 Å². The Balaban J connectivity index is 2.37. The van der Waals surface area contributed by atoms with Crippen molar-refractivity contribution in [2.75, 3.05) is 0 Å². The molecule has 0 saturated heterocycles. The SMILES string of the molecule is CC=CC=C(C)C(C(C=C(C)C(C)=C1CCCC1)=CC)=C1CCC1. The number of allylic oxidation sites excluding steroid dienone is 12. The summed E-state index contributed by atoms with van der Waals surface area (Å²) in [6, 6.07) is 0. The maximum atomic E-state index is 2.42. The van der Waals surface area contributed by atoms with Crippen LogP contribution in [0.5, 0.6) is 0 Å². The summed E-state index contributed by atoms with van der Waals surface area (Å²) in [5.74, 6) is 0. The maximum absolute atomic E-state index is 2.42. The Morgan fingerprint density at radius 2 is 1.42 bits per heavy atom. The van der Waals surface area contributed by atoms with Gasteiger partial charge >= 0.3 is 0 Å². The Kier molecular flexibility index (Phi) is 7.09. The number of rotatable bonds is 5. The molecule has 0 amide bonds. The van der Waals surface area contributed by atoms with Gasteiger partial charge < -0.3 is 0 Å². The van der Waals surface area contributed by atoms with Crippen molar-refractivity contribution in [2.45, 2.75) is 79.6 Å². The zero-order valence-electron chi connectivity index (χ0n) is 16.3. The fourth-order valence-electron chi connectivity index (χ4n) is 3.74.